The Balaban J connectivity index is 1.76. The topological polar surface area (TPSA) is 62.9 Å². The summed E-state index contributed by atoms with van der Waals surface area (Å²) in [5.74, 6) is -1.79. The van der Waals surface area contributed by atoms with Crippen molar-refractivity contribution in [2.75, 3.05) is 21.0 Å². The number of methoxy groups -OCH3 is 2. The van der Waals surface area contributed by atoms with Crippen LogP contribution >= 0.6 is 0 Å². The van der Waals surface area contributed by atoms with Gasteiger partial charge in [-0.2, -0.15) is 0 Å². The van der Waals surface area contributed by atoms with Gasteiger partial charge in [-0.1, -0.05) is 6.07 Å². The van der Waals surface area contributed by atoms with Gasteiger partial charge in [-0.3, -0.25) is 0 Å². The van der Waals surface area contributed by atoms with Crippen LogP contribution in [0.25, 0.3) is 10.8 Å². The van der Waals surface area contributed by atoms with Gasteiger partial charge >= 0.3 is 0 Å². The smallest absolute Gasteiger partial charge is 0.188 e. The molecule has 2 N–H and O–H groups in total. The minimum atomic E-state index is -1.26. The molecule has 0 spiro atoms. The average Bonchev–Trinajstić information content (AvgIpc) is 2.73. The Morgan fingerprint density at radius 3 is 2.50 bits per heavy atom. The van der Waals surface area contributed by atoms with Crippen molar-refractivity contribution in [3.8, 4) is 17.2 Å². The molecule has 4 rings (SSSR count). The molecule has 0 aromatic heterocycles. The van der Waals surface area contributed by atoms with Crippen LogP contribution in [0.1, 0.15) is 17.2 Å². The van der Waals surface area contributed by atoms with Gasteiger partial charge in [0.2, 0.25) is 0 Å². The number of ether oxygens (including phenoxy) is 4. The molecule has 1 aliphatic heterocycles. The Labute approximate surface area is 171 Å². The standard InChI is InChI=1S/C22H20F3NO4/c1-27-10-29-21-5-11-3-4-19-13(12(11)8-20(21)28-2)7-18(26)22(30-19)14-6-16(24)17(25)9-15(14)23/h3-6,8-9,18,22H,7,10,26H2,1-2H3/t18-,22+/m0/s1. The largest absolute Gasteiger partial charge is 0.493 e. The third kappa shape index (κ3) is 3.53. The molecule has 1 aliphatic rings. The Morgan fingerprint density at radius 1 is 1.00 bits per heavy atom. The molecule has 3 aromatic rings. The van der Waals surface area contributed by atoms with Gasteiger partial charge in [0.1, 0.15) is 17.7 Å². The van der Waals surface area contributed by atoms with Crippen molar-refractivity contribution in [1.82, 2.24) is 0 Å². The molecule has 0 saturated heterocycles. The van der Waals surface area contributed by atoms with Crippen LogP contribution in [0.3, 0.4) is 0 Å². The van der Waals surface area contributed by atoms with E-state index in [-0.39, 0.29) is 12.4 Å². The molecule has 0 aliphatic carbocycles. The van der Waals surface area contributed by atoms with E-state index in [1.54, 1.807) is 6.07 Å². The van der Waals surface area contributed by atoms with Crippen molar-refractivity contribution in [3.05, 3.63) is 65.0 Å². The molecule has 0 radical (unpaired) electrons. The summed E-state index contributed by atoms with van der Waals surface area (Å²) in [7, 11) is 3.05. The minimum absolute atomic E-state index is 0.0717. The summed E-state index contributed by atoms with van der Waals surface area (Å²) < 4.78 is 63.1. The first-order chi connectivity index (χ1) is 14.4. The SMILES string of the molecule is COCOc1cc2ccc3c(c2cc1OC)C[C@H](N)[C@@H](c1cc(F)c(F)cc1F)O3. The van der Waals surface area contributed by atoms with Crippen LogP contribution < -0.4 is 19.9 Å². The number of rotatable bonds is 5. The lowest BCUT2D eigenvalue weighted by molar-refractivity contribution is 0.0493. The molecule has 3 aromatic carbocycles. The first-order valence-corrected chi connectivity index (χ1v) is 9.25. The van der Waals surface area contributed by atoms with Crippen LogP contribution in [0, 0.1) is 17.5 Å². The van der Waals surface area contributed by atoms with E-state index in [0.29, 0.717) is 29.7 Å². The van der Waals surface area contributed by atoms with Crippen LogP contribution in [0.2, 0.25) is 0 Å². The summed E-state index contributed by atoms with van der Waals surface area (Å²) >= 11 is 0. The fourth-order valence-electron chi connectivity index (χ4n) is 3.71. The molecule has 5 nitrogen and oxygen atoms in total. The average molecular weight is 419 g/mol. The maximum absolute atomic E-state index is 14.3. The van der Waals surface area contributed by atoms with Crippen LogP contribution in [0.5, 0.6) is 17.2 Å². The van der Waals surface area contributed by atoms with Crippen molar-refractivity contribution in [2.45, 2.75) is 18.6 Å². The zero-order valence-corrected chi connectivity index (χ0v) is 16.4. The lowest BCUT2D eigenvalue weighted by atomic mass is 9.90. The highest BCUT2D eigenvalue weighted by Gasteiger charge is 2.32. The second-order valence-corrected chi connectivity index (χ2v) is 7.01. The lowest BCUT2D eigenvalue weighted by Gasteiger charge is -2.32. The van der Waals surface area contributed by atoms with Crippen molar-refractivity contribution in [3.63, 3.8) is 0 Å². The number of fused-ring (bicyclic) bond motifs is 3. The molecule has 0 unspecified atom stereocenters. The predicted octanol–water partition coefficient (Wildman–Crippen LogP) is 4.25. The molecule has 0 saturated carbocycles. The van der Waals surface area contributed by atoms with Crippen LogP contribution in [-0.2, 0) is 11.2 Å². The maximum atomic E-state index is 14.3. The highest BCUT2D eigenvalue weighted by Crippen LogP contribution is 2.42. The summed E-state index contributed by atoms with van der Waals surface area (Å²) in [6.07, 6.45) is -0.603. The van der Waals surface area contributed by atoms with Gasteiger partial charge in [0.15, 0.2) is 29.9 Å². The quantitative estimate of drug-likeness (QED) is 0.495. The zero-order chi connectivity index (χ0) is 21.4. The van der Waals surface area contributed by atoms with Gasteiger partial charge in [0, 0.05) is 24.3 Å². The molecule has 8 heteroatoms. The minimum Gasteiger partial charge on any atom is -0.493 e. The maximum Gasteiger partial charge on any atom is 0.188 e. The molecule has 30 heavy (non-hydrogen) atoms. The molecule has 0 bridgehead atoms. The number of benzene rings is 3. The zero-order valence-electron chi connectivity index (χ0n) is 16.4. The summed E-state index contributed by atoms with van der Waals surface area (Å²) in [6.45, 7) is 0.0717. The Hall–Kier alpha value is -2.97. The normalized spacial score (nSPS) is 18.1. The van der Waals surface area contributed by atoms with Gasteiger partial charge in [0.25, 0.3) is 0 Å². The Morgan fingerprint density at radius 2 is 1.77 bits per heavy atom. The second kappa shape index (κ2) is 8.04. The Bertz CT molecular complexity index is 1110. The van der Waals surface area contributed by atoms with E-state index in [1.807, 2.05) is 18.2 Å². The van der Waals surface area contributed by atoms with E-state index in [2.05, 4.69) is 0 Å². The fourth-order valence-corrected chi connectivity index (χ4v) is 3.71. The van der Waals surface area contributed by atoms with Crippen LogP contribution in [0.15, 0.2) is 36.4 Å². The molecule has 1 heterocycles. The van der Waals surface area contributed by atoms with E-state index in [4.69, 9.17) is 24.7 Å². The molecular weight excluding hydrogens is 399 g/mol. The van der Waals surface area contributed by atoms with Crippen molar-refractivity contribution < 1.29 is 32.1 Å². The molecule has 0 fully saturated rings. The fraction of sp³-hybridized carbons (Fsp3) is 0.273. The van der Waals surface area contributed by atoms with E-state index < -0.39 is 29.6 Å². The highest BCUT2D eigenvalue weighted by atomic mass is 19.2. The van der Waals surface area contributed by atoms with E-state index >= 15 is 0 Å². The van der Waals surface area contributed by atoms with Gasteiger partial charge < -0.3 is 24.7 Å². The van der Waals surface area contributed by atoms with Crippen LogP contribution in [-0.4, -0.2) is 27.1 Å². The third-order valence-electron chi connectivity index (χ3n) is 5.13. The van der Waals surface area contributed by atoms with Gasteiger partial charge in [-0.15, -0.1) is 0 Å². The van der Waals surface area contributed by atoms with Crippen molar-refractivity contribution >= 4 is 10.8 Å². The third-order valence-corrected chi connectivity index (χ3v) is 5.13. The number of hydrogen-bond acceptors (Lipinski definition) is 5. The monoisotopic (exact) mass is 419 g/mol. The van der Waals surface area contributed by atoms with E-state index in [1.165, 1.54) is 14.2 Å². The number of hydrogen-bond donors (Lipinski definition) is 1. The van der Waals surface area contributed by atoms with Gasteiger partial charge in [-0.25, -0.2) is 13.2 Å². The molecule has 158 valence electrons. The summed E-state index contributed by atoms with van der Waals surface area (Å²) in [4.78, 5) is 0. The Kier molecular flexibility index (Phi) is 5.44. The number of halogens is 3. The highest BCUT2D eigenvalue weighted by molar-refractivity contribution is 5.91. The molecule has 0 amide bonds. The first-order valence-electron chi connectivity index (χ1n) is 9.25. The van der Waals surface area contributed by atoms with Gasteiger partial charge in [-0.05, 0) is 41.5 Å². The molecule has 2 atom stereocenters. The predicted molar refractivity (Wildman–Crippen MR) is 104 cm³/mol. The summed E-state index contributed by atoms with van der Waals surface area (Å²) in [6, 6.07) is 7.82. The van der Waals surface area contributed by atoms with E-state index in [9.17, 15) is 13.2 Å². The summed E-state index contributed by atoms with van der Waals surface area (Å²) in [5.41, 5.74) is 6.96. The first kappa shape index (κ1) is 20.3. The lowest BCUT2D eigenvalue weighted by Crippen LogP contribution is -2.38. The summed E-state index contributed by atoms with van der Waals surface area (Å²) in [5, 5.41) is 1.71. The molecular formula is C22H20F3NO4. The second-order valence-electron chi connectivity index (χ2n) is 7.01. The van der Waals surface area contributed by atoms with Crippen molar-refractivity contribution in [2.24, 2.45) is 5.73 Å². The van der Waals surface area contributed by atoms with Crippen LogP contribution in [0.4, 0.5) is 13.2 Å². The van der Waals surface area contributed by atoms with E-state index in [0.717, 1.165) is 22.4 Å². The van der Waals surface area contributed by atoms with Gasteiger partial charge in [0.05, 0.1) is 13.2 Å². The van der Waals surface area contributed by atoms with Crippen molar-refractivity contribution in [1.29, 1.82) is 0 Å². The number of nitrogens with two attached hydrogens (primary N) is 1.